The Morgan fingerprint density at radius 2 is 2.04 bits per heavy atom. The quantitative estimate of drug-likeness (QED) is 0.883. The highest BCUT2D eigenvalue weighted by atomic mass is 35.5. The highest BCUT2D eigenvalue weighted by Gasteiger charge is 2.39. The fourth-order valence-electron chi connectivity index (χ4n) is 4.04. The summed E-state index contributed by atoms with van der Waals surface area (Å²) in [6, 6.07) is 8.53. The first kappa shape index (κ1) is 19.1. The molecular weight excluding hydrogens is 324 g/mol. The van der Waals surface area contributed by atoms with Crippen molar-refractivity contribution < 1.29 is 9.53 Å². The Labute approximate surface area is 151 Å². The number of hydrogen-bond donors (Lipinski definition) is 1. The number of hydrogen-bond acceptors (Lipinski definition) is 3. The molecule has 2 fully saturated rings. The first-order valence-corrected chi connectivity index (χ1v) is 8.90. The van der Waals surface area contributed by atoms with Crippen LogP contribution in [0.4, 0.5) is 0 Å². The number of carbonyl (C=O) groups is 1. The zero-order valence-corrected chi connectivity index (χ0v) is 15.5. The summed E-state index contributed by atoms with van der Waals surface area (Å²) in [6.45, 7) is 3.22. The number of para-hydroxylation sites is 1. The predicted octanol–water partition coefficient (Wildman–Crippen LogP) is 3.39. The van der Waals surface area contributed by atoms with Crippen LogP contribution in [-0.2, 0) is 11.3 Å². The molecule has 3 rings (SSSR count). The fourth-order valence-corrected chi connectivity index (χ4v) is 4.04. The first-order chi connectivity index (χ1) is 11.2. The molecule has 3 atom stereocenters. The first-order valence-electron chi connectivity index (χ1n) is 8.90. The number of likely N-dealkylation sites (N-methyl/N-ethyl adjacent to an activating group) is 1. The van der Waals surface area contributed by atoms with Crippen LogP contribution in [0.3, 0.4) is 0 Å². The normalized spacial score (nSPS) is 25.5. The lowest BCUT2D eigenvalue weighted by atomic mass is 9.85. The standard InChI is InChI=1S/C19H28N2O2.ClH/c1-3-23-18-11-7-5-9-15(18)13-21(2)19(22)17-12-14-8-4-6-10-16(14)20-17;/h5,7,9,11,14,16-17,20H,3-4,6,8,10,12-13H2,1-2H3;1H. The van der Waals surface area contributed by atoms with Crippen molar-refractivity contribution in [1.82, 2.24) is 10.2 Å². The molecule has 1 aromatic rings. The van der Waals surface area contributed by atoms with E-state index in [0.29, 0.717) is 25.1 Å². The van der Waals surface area contributed by atoms with Gasteiger partial charge >= 0.3 is 0 Å². The molecule has 1 amide bonds. The second-order valence-corrected chi connectivity index (χ2v) is 6.84. The van der Waals surface area contributed by atoms with Gasteiger partial charge in [0.15, 0.2) is 0 Å². The maximum Gasteiger partial charge on any atom is 0.239 e. The summed E-state index contributed by atoms with van der Waals surface area (Å²) in [5.41, 5.74) is 1.07. The summed E-state index contributed by atoms with van der Waals surface area (Å²) in [5.74, 6) is 1.79. The van der Waals surface area contributed by atoms with Crippen molar-refractivity contribution in [2.24, 2.45) is 5.92 Å². The van der Waals surface area contributed by atoms with Crippen LogP contribution in [0.5, 0.6) is 5.75 Å². The summed E-state index contributed by atoms with van der Waals surface area (Å²) in [6.07, 6.45) is 6.12. The summed E-state index contributed by atoms with van der Waals surface area (Å²) >= 11 is 0. The molecule has 1 N–H and O–H groups in total. The van der Waals surface area contributed by atoms with Gasteiger partial charge in [0, 0.05) is 25.2 Å². The number of ether oxygens (including phenoxy) is 1. The molecule has 5 heteroatoms. The smallest absolute Gasteiger partial charge is 0.239 e. The average Bonchev–Trinajstić information content (AvgIpc) is 3.00. The number of nitrogens with zero attached hydrogens (tertiary/aromatic N) is 1. The maximum absolute atomic E-state index is 12.8. The Balaban J connectivity index is 0.00000208. The van der Waals surface area contributed by atoms with Crippen molar-refractivity contribution in [2.45, 2.75) is 57.7 Å². The van der Waals surface area contributed by atoms with Crippen LogP contribution >= 0.6 is 12.4 Å². The van der Waals surface area contributed by atoms with E-state index in [1.165, 1.54) is 25.7 Å². The summed E-state index contributed by atoms with van der Waals surface area (Å²) < 4.78 is 5.67. The average molecular weight is 353 g/mol. The van der Waals surface area contributed by atoms with Crippen LogP contribution in [0.1, 0.15) is 44.6 Å². The van der Waals surface area contributed by atoms with Crippen molar-refractivity contribution in [3.05, 3.63) is 29.8 Å². The van der Waals surface area contributed by atoms with Crippen LogP contribution < -0.4 is 10.1 Å². The van der Waals surface area contributed by atoms with E-state index in [1.807, 2.05) is 43.1 Å². The molecule has 0 spiro atoms. The second kappa shape index (κ2) is 8.72. The van der Waals surface area contributed by atoms with Gasteiger partial charge in [-0.15, -0.1) is 12.4 Å². The van der Waals surface area contributed by atoms with Gasteiger partial charge in [0.2, 0.25) is 5.91 Å². The molecule has 3 unspecified atom stereocenters. The molecular formula is C19H29ClN2O2. The van der Waals surface area contributed by atoms with E-state index in [9.17, 15) is 4.79 Å². The van der Waals surface area contributed by atoms with E-state index in [0.717, 1.165) is 17.7 Å². The Kier molecular flexibility index (Phi) is 6.93. The van der Waals surface area contributed by atoms with Gasteiger partial charge in [-0.1, -0.05) is 31.0 Å². The lowest BCUT2D eigenvalue weighted by Gasteiger charge is -2.24. The minimum Gasteiger partial charge on any atom is -0.494 e. The number of carbonyl (C=O) groups excluding carboxylic acids is 1. The van der Waals surface area contributed by atoms with Crippen molar-refractivity contribution in [2.75, 3.05) is 13.7 Å². The molecule has 1 saturated carbocycles. The van der Waals surface area contributed by atoms with Gasteiger partial charge in [0.05, 0.1) is 12.6 Å². The molecule has 0 radical (unpaired) electrons. The molecule has 1 aliphatic heterocycles. The molecule has 4 nitrogen and oxygen atoms in total. The molecule has 1 aliphatic carbocycles. The maximum atomic E-state index is 12.8. The third-order valence-electron chi connectivity index (χ3n) is 5.22. The van der Waals surface area contributed by atoms with Crippen LogP contribution in [0.15, 0.2) is 24.3 Å². The van der Waals surface area contributed by atoms with E-state index in [2.05, 4.69) is 5.32 Å². The molecule has 2 aliphatic rings. The third-order valence-corrected chi connectivity index (χ3v) is 5.22. The van der Waals surface area contributed by atoms with Gasteiger partial charge in [-0.25, -0.2) is 0 Å². The predicted molar refractivity (Wildman–Crippen MR) is 98.6 cm³/mol. The van der Waals surface area contributed by atoms with Crippen LogP contribution in [0.2, 0.25) is 0 Å². The molecule has 1 saturated heterocycles. The van der Waals surface area contributed by atoms with E-state index in [4.69, 9.17) is 4.74 Å². The fraction of sp³-hybridized carbons (Fsp3) is 0.632. The monoisotopic (exact) mass is 352 g/mol. The number of amides is 1. The number of rotatable bonds is 5. The van der Waals surface area contributed by atoms with Gasteiger partial charge in [-0.3, -0.25) is 4.79 Å². The summed E-state index contributed by atoms with van der Waals surface area (Å²) in [7, 11) is 1.90. The zero-order valence-electron chi connectivity index (χ0n) is 14.7. The van der Waals surface area contributed by atoms with Crippen molar-refractivity contribution >= 4 is 18.3 Å². The van der Waals surface area contributed by atoms with E-state index in [1.54, 1.807) is 0 Å². The number of nitrogens with one attached hydrogen (secondary N) is 1. The van der Waals surface area contributed by atoms with E-state index < -0.39 is 0 Å². The van der Waals surface area contributed by atoms with Gasteiger partial charge in [-0.2, -0.15) is 0 Å². The number of benzene rings is 1. The zero-order chi connectivity index (χ0) is 16.2. The largest absolute Gasteiger partial charge is 0.494 e. The SMILES string of the molecule is CCOc1ccccc1CN(C)C(=O)C1CC2CCCCC2N1.Cl. The number of fused-ring (bicyclic) bond motifs is 1. The Morgan fingerprint density at radius 1 is 1.29 bits per heavy atom. The summed E-state index contributed by atoms with van der Waals surface area (Å²) in [4.78, 5) is 14.6. The van der Waals surface area contributed by atoms with Crippen molar-refractivity contribution in [1.29, 1.82) is 0 Å². The molecule has 24 heavy (non-hydrogen) atoms. The second-order valence-electron chi connectivity index (χ2n) is 6.84. The van der Waals surface area contributed by atoms with Gasteiger partial charge in [0.1, 0.15) is 5.75 Å². The van der Waals surface area contributed by atoms with Gasteiger partial charge < -0.3 is 15.0 Å². The molecule has 1 aromatic carbocycles. The minimum atomic E-state index is -0.00708. The van der Waals surface area contributed by atoms with Crippen LogP contribution in [0.25, 0.3) is 0 Å². The van der Waals surface area contributed by atoms with Crippen LogP contribution in [-0.4, -0.2) is 36.5 Å². The Morgan fingerprint density at radius 3 is 2.79 bits per heavy atom. The van der Waals surface area contributed by atoms with Crippen molar-refractivity contribution in [3.8, 4) is 5.75 Å². The molecule has 1 heterocycles. The highest BCUT2D eigenvalue weighted by molar-refractivity contribution is 5.85. The van der Waals surface area contributed by atoms with Gasteiger partial charge in [-0.05, 0) is 38.2 Å². The molecule has 134 valence electrons. The third kappa shape index (κ3) is 4.22. The topological polar surface area (TPSA) is 41.6 Å². The van der Waals surface area contributed by atoms with E-state index in [-0.39, 0.29) is 24.4 Å². The highest BCUT2D eigenvalue weighted by Crippen LogP contribution is 2.33. The van der Waals surface area contributed by atoms with Crippen molar-refractivity contribution in [3.63, 3.8) is 0 Å². The summed E-state index contributed by atoms with van der Waals surface area (Å²) in [5, 5.41) is 3.58. The van der Waals surface area contributed by atoms with Crippen LogP contribution in [0, 0.1) is 5.92 Å². The van der Waals surface area contributed by atoms with E-state index >= 15 is 0 Å². The van der Waals surface area contributed by atoms with Gasteiger partial charge in [0.25, 0.3) is 0 Å². The molecule has 0 aromatic heterocycles. The minimum absolute atomic E-state index is 0. The Bertz CT molecular complexity index is 538. The Hall–Kier alpha value is -1.26. The molecule has 0 bridgehead atoms. The lowest BCUT2D eigenvalue weighted by Crippen LogP contribution is -2.43. The number of halogens is 1. The lowest BCUT2D eigenvalue weighted by molar-refractivity contribution is -0.132.